The number of nitrogens with zero attached hydrogens (tertiary/aromatic N) is 1. The summed E-state index contributed by atoms with van der Waals surface area (Å²) in [5, 5.41) is 11.5. The van der Waals surface area contributed by atoms with E-state index in [4.69, 9.17) is 18.9 Å². The lowest BCUT2D eigenvalue weighted by molar-refractivity contribution is -0.140. The SMILES string of the molecule is CCOc1cc([C@@H]2C(=C(O)c3ccc4c(c3)C[C@H](C)O4)C(=O)C(=O)N2CCCOC)ccc1OCc1ccccc1. The van der Waals surface area contributed by atoms with Crippen LogP contribution in [0.1, 0.15) is 48.6 Å². The van der Waals surface area contributed by atoms with Gasteiger partial charge >= 0.3 is 0 Å². The number of amides is 1. The second kappa shape index (κ2) is 12.5. The van der Waals surface area contributed by atoms with Crippen molar-refractivity contribution in [3.63, 3.8) is 0 Å². The number of hydrogen-bond donors (Lipinski definition) is 1. The summed E-state index contributed by atoms with van der Waals surface area (Å²) in [5.41, 5.74) is 3.11. The normalized spacial score (nSPS) is 19.2. The van der Waals surface area contributed by atoms with Crippen LogP contribution in [0.25, 0.3) is 5.76 Å². The van der Waals surface area contributed by atoms with Crippen LogP contribution in [0.3, 0.4) is 0 Å². The number of methoxy groups -OCH3 is 1. The van der Waals surface area contributed by atoms with Crippen LogP contribution in [0.5, 0.6) is 17.2 Å². The van der Waals surface area contributed by atoms with Crippen molar-refractivity contribution in [1.29, 1.82) is 0 Å². The van der Waals surface area contributed by atoms with E-state index in [-0.39, 0.29) is 24.0 Å². The van der Waals surface area contributed by atoms with Crippen LogP contribution in [-0.2, 0) is 27.4 Å². The highest BCUT2D eigenvalue weighted by molar-refractivity contribution is 6.46. The summed E-state index contributed by atoms with van der Waals surface area (Å²) in [6.45, 7) is 5.32. The number of ether oxygens (including phenoxy) is 4. The average Bonchev–Trinajstić information content (AvgIpc) is 3.48. The zero-order chi connectivity index (χ0) is 28.9. The maximum absolute atomic E-state index is 13.4. The van der Waals surface area contributed by atoms with Gasteiger partial charge in [-0.2, -0.15) is 0 Å². The summed E-state index contributed by atoms with van der Waals surface area (Å²) >= 11 is 0. The summed E-state index contributed by atoms with van der Waals surface area (Å²) in [6, 6.07) is 19.7. The van der Waals surface area contributed by atoms with Gasteiger partial charge in [0.25, 0.3) is 11.7 Å². The quantitative estimate of drug-likeness (QED) is 0.145. The average molecular weight is 558 g/mol. The van der Waals surface area contributed by atoms with Crippen molar-refractivity contribution in [3.05, 3.63) is 94.6 Å². The van der Waals surface area contributed by atoms with Crippen molar-refractivity contribution in [3.8, 4) is 17.2 Å². The Hall–Kier alpha value is -4.30. The zero-order valence-corrected chi connectivity index (χ0v) is 23.6. The van der Waals surface area contributed by atoms with Crippen LogP contribution >= 0.6 is 0 Å². The van der Waals surface area contributed by atoms with E-state index in [1.807, 2.05) is 56.3 Å². The van der Waals surface area contributed by atoms with Crippen LogP contribution in [-0.4, -0.2) is 54.7 Å². The molecule has 5 rings (SSSR count). The van der Waals surface area contributed by atoms with E-state index >= 15 is 0 Å². The summed E-state index contributed by atoms with van der Waals surface area (Å²) in [5.74, 6) is 0.200. The van der Waals surface area contributed by atoms with Gasteiger partial charge in [0.15, 0.2) is 11.5 Å². The number of ketones is 1. The first kappa shape index (κ1) is 28.2. The van der Waals surface area contributed by atoms with Gasteiger partial charge in [-0.15, -0.1) is 0 Å². The van der Waals surface area contributed by atoms with Crippen molar-refractivity contribution in [2.45, 2.75) is 45.4 Å². The maximum Gasteiger partial charge on any atom is 0.295 e. The van der Waals surface area contributed by atoms with Crippen LogP contribution in [0.4, 0.5) is 0 Å². The number of Topliss-reactive ketones (excluding diaryl/α,β-unsaturated/α-hetero) is 1. The predicted octanol–water partition coefficient (Wildman–Crippen LogP) is 5.45. The van der Waals surface area contributed by atoms with E-state index in [9.17, 15) is 14.7 Å². The Morgan fingerprint density at radius 3 is 2.59 bits per heavy atom. The largest absolute Gasteiger partial charge is 0.507 e. The Morgan fingerprint density at radius 1 is 1.02 bits per heavy atom. The Bertz CT molecular complexity index is 1450. The fourth-order valence-corrected chi connectivity index (χ4v) is 5.38. The molecule has 8 heteroatoms. The first-order valence-corrected chi connectivity index (χ1v) is 13.9. The number of carbonyl (C=O) groups excluding carboxylic acids is 2. The lowest BCUT2D eigenvalue weighted by atomic mass is 9.94. The molecule has 0 aromatic heterocycles. The highest BCUT2D eigenvalue weighted by atomic mass is 16.5. The molecule has 0 unspecified atom stereocenters. The standard InChI is InChI=1S/C33H35NO7/c1-4-39-28-19-23(11-14-27(28)40-20-22-9-6-5-7-10-22)30-29(32(36)33(37)34(30)15-8-16-38-3)31(35)24-12-13-26-25(18-24)17-21(2)41-26/h5-7,9-14,18-19,21,30,35H,4,8,15-17,20H2,1-3H3/t21-,30+/m0/s1. The van der Waals surface area contributed by atoms with E-state index < -0.39 is 17.7 Å². The summed E-state index contributed by atoms with van der Waals surface area (Å²) in [7, 11) is 1.59. The third-order valence-corrected chi connectivity index (χ3v) is 7.28. The number of rotatable bonds is 11. The molecule has 0 bridgehead atoms. The van der Waals surface area contributed by atoms with Crippen LogP contribution in [0.15, 0.2) is 72.3 Å². The molecular weight excluding hydrogens is 522 g/mol. The molecule has 0 aliphatic carbocycles. The lowest BCUT2D eigenvalue weighted by Crippen LogP contribution is -2.31. The van der Waals surface area contributed by atoms with Gasteiger partial charge in [-0.1, -0.05) is 36.4 Å². The van der Waals surface area contributed by atoms with Gasteiger partial charge in [-0.3, -0.25) is 9.59 Å². The van der Waals surface area contributed by atoms with Crippen molar-refractivity contribution >= 4 is 17.4 Å². The minimum absolute atomic E-state index is 0.0355. The molecule has 2 atom stereocenters. The Kier molecular flexibility index (Phi) is 8.59. The van der Waals surface area contributed by atoms with E-state index in [0.717, 1.165) is 16.9 Å². The minimum Gasteiger partial charge on any atom is -0.507 e. The molecular formula is C33H35NO7. The molecule has 0 radical (unpaired) electrons. The van der Waals surface area contributed by atoms with Crippen LogP contribution in [0.2, 0.25) is 0 Å². The summed E-state index contributed by atoms with van der Waals surface area (Å²) < 4.78 is 23.0. The first-order chi connectivity index (χ1) is 19.9. The van der Waals surface area contributed by atoms with Gasteiger partial charge in [0.1, 0.15) is 24.2 Å². The minimum atomic E-state index is -0.808. The molecule has 2 aliphatic heterocycles. The van der Waals surface area contributed by atoms with Gasteiger partial charge in [0.05, 0.1) is 18.2 Å². The predicted molar refractivity (Wildman–Crippen MR) is 154 cm³/mol. The molecule has 3 aromatic rings. The Balaban J connectivity index is 1.55. The molecule has 41 heavy (non-hydrogen) atoms. The maximum atomic E-state index is 13.4. The summed E-state index contributed by atoms with van der Waals surface area (Å²) in [4.78, 5) is 28.3. The molecule has 8 nitrogen and oxygen atoms in total. The number of hydrogen-bond acceptors (Lipinski definition) is 7. The van der Waals surface area contributed by atoms with E-state index in [2.05, 4.69) is 0 Å². The fourth-order valence-electron chi connectivity index (χ4n) is 5.38. The second-order valence-corrected chi connectivity index (χ2v) is 10.2. The number of fused-ring (bicyclic) bond motifs is 1. The molecule has 1 saturated heterocycles. The van der Waals surface area contributed by atoms with Crippen molar-refractivity contribution in [2.24, 2.45) is 0 Å². The van der Waals surface area contributed by atoms with Gasteiger partial charge < -0.3 is 29.0 Å². The van der Waals surface area contributed by atoms with Crippen molar-refractivity contribution in [1.82, 2.24) is 4.90 Å². The molecule has 1 N–H and O–H groups in total. The number of likely N-dealkylation sites (tertiary alicyclic amines) is 1. The fraction of sp³-hybridized carbons (Fsp3) is 0.333. The molecule has 1 fully saturated rings. The number of aliphatic hydroxyl groups is 1. The second-order valence-electron chi connectivity index (χ2n) is 10.2. The third kappa shape index (κ3) is 5.93. The highest BCUT2D eigenvalue weighted by Crippen LogP contribution is 2.43. The number of benzene rings is 3. The zero-order valence-electron chi connectivity index (χ0n) is 23.6. The van der Waals surface area contributed by atoms with Crippen molar-refractivity contribution < 1.29 is 33.6 Å². The molecule has 0 saturated carbocycles. The van der Waals surface area contributed by atoms with Gasteiger partial charge in [0, 0.05) is 32.2 Å². The molecule has 1 amide bonds. The molecule has 2 aliphatic rings. The highest BCUT2D eigenvalue weighted by Gasteiger charge is 2.46. The molecule has 0 spiro atoms. The molecule has 2 heterocycles. The lowest BCUT2D eigenvalue weighted by Gasteiger charge is -2.26. The molecule has 3 aromatic carbocycles. The van der Waals surface area contributed by atoms with E-state index in [1.54, 1.807) is 31.4 Å². The monoisotopic (exact) mass is 557 g/mol. The Labute approximate surface area is 240 Å². The van der Waals surface area contributed by atoms with Crippen molar-refractivity contribution in [2.75, 3.05) is 26.9 Å². The summed E-state index contributed by atoms with van der Waals surface area (Å²) in [6.07, 6.45) is 1.27. The Morgan fingerprint density at radius 2 is 1.83 bits per heavy atom. The smallest absolute Gasteiger partial charge is 0.295 e. The number of aliphatic hydroxyl groups excluding tert-OH is 1. The van der Waals surface area contributed by atoms with Crippen LogP contribution in [0, 0.1) is 0 Å². The topological polar surface area (TPSA) is 94.5 Å². The van der Waals surface area contributed by atoms with E-state index in [0.29, 0.717) is 55.3 Å². The van der Waals surface area contributed by atoms with Crippen LogP contribution < -0.4 is 14.2 Å². The third-order valence-electron chi connectivity index (χ3n) is 7.28. The molecule has 214 valence electrons. The van der Waals surface area contributed by atoms with Gasteiger partial charge in [0.2, 0.25) is 0 Å². The number of carbonyl (C=O) groups is 2. The van der Waals surface area contributed by atoms with E-state index in [1.165, 1.54) is 4.90 Å². The first-order valence-electron chi connectivity index (χ1n) is 13.9. The van der Waals surface area contributed by atoms with Gasteiger partial charge in [-0.25, -0.2) is 0 Å². The van der Waals surface area contributed by atoms with Gasteiger partial charge in [-0.05, 0) is 67.3 Å².